The monoisotopic (exact) mass is 360 g/mol. The molecule has 0 aromatic heterocycles. The Morgan fingerprint density at radius 1 is 1.31 bits per heavy atom. The van der Waals surface area contributed by atoms with Crippen LogP contribution < -0.4 is 10.1 Å². The van der Waals surface area contributed by atoms with Crippen LogP contribution in [0, 0.1) is 5.92 Å². The van der Waals surface area contributed by atoms with E-state index in [-0.39, 0.29) is 11.8 Å². The third kappa shape index (κ3) is 4.99. The zero-order valence-corrected chi connectivity index (χ0v) is 16.5. The first kappa shape index (κ1) is 20.3. The third-order valence-corrected chi connectivity index (χ3v) is 5.08. The molecule has 1 N–H and O–H groups in total. The van der Waals surface area contributed by atoms with Crippen molar-refractivity contribution in [2.24, 2.45) is 5.92 Å². The fraction of sp³-hybridized carbons (Fsp3) is 0.619. The smallest absolute Gasteiger partial charge is 0.245 e. The van der Waals surface area contributed by atoms with Crippen LogP contribution >= 0.6 is 0 Å². The lowest BCUT2D eigenvalue weighted by Gasteiger charge is -2.34. The molecule has 0 radical (unpaired) electrons. The number of nitrogens with zero attached hydrogens (tertiary/aromatic N) is 1. The predicted octanol–water partition coefficient (Wildman–Crippen LogP) is 3.17. The molecule has 5 nitrogen and oxygen atoms in total. The van der Waals surface area contributed by atoms with Gasteiger partial charge in [0.15, 0.2) is 0 Å². The normalized spacial score (nSPS) is 19.9. The highest BCUT2D eigenvalue weighted by molar-refractivity contribution is 5.94. The van der Waals surface area contributed by atoms with E-state index in [1.807, 2.05) is 38.1 Å². The van der Waals surface area contributed by atoms with Gasteiger partial charge in [0, 0.05) is 19.5 Å². The number of ether oxygens (including phenoxy) is 1. The quantitative estimate of drug-likeness (QED) is 0.736. The maximum absolute atomic E-state index is 12.7. The van der Waals surface area contributed by atoms with Crippen LogP contribution in [0.1, 0.15) is 52.5 Å². The summed E-state index contributed by atoms with van der Waals surface area (Å²) in [6, 6.07) is 7.93. The number of carbonyl (C=O) groups excluding carboxylic acids is 2. The number of hydrogen-bond acceptors (Lipinski definition) is 3. The van der Waals surface area contributed by atoms with Gasteiger partial charge in [-0.1, -0.05) is 26.0 Å². The minimum absolute atomic E-state index is 0.0318. The van der Waals surface area contributed by atoms with E-state index < -0.39 is 5.54 Å². The summed E-state index contributed by atoms with van der Waals surface area (Å²) in [6.45, 7) is 9.98. The van der Waals surface area contributed by atoms with E-state index in [9.17, 15) is 9.59 Å². The van der Waals surface area contributed by atoms with E-state index in [1.54, 1.807) is 4.90 Å². The van der Waals surface area contributed by atoms with Gasteiger partial charge in [-0.3, -0.25) is 9.59 Å². The topological polar surface area (TPSA) is 58.6 Å². The van der Waals surface area contributed by atoms with Crippen LogP contribution in [-0.4, -0.2) is 41.9 Å². The fourth-order valence-electron chi connectivity index (χ4n) is 3.33. The molecular weight excluding hydrogens is 328 g/mol. The second-order valence-electron chi connectivity index (χ2n) is 7.58. The number of amides is 2. The highest BCUT2D eigenvalue weighted by Gasteiger charge is 2.46. The summed E-state index contributed by atoms with van der Waals surface area (Å²) in [6.07, 6.45) is 2.70. The van der Waals surface area contributed by atoms with Crippen LogP contribution in [0.25, 0.3) is 0 Å². The number of hydrogen-bond donors (Lipinski definition) is 1. The zero-order chi connectivity index (χ0) is 19.2. The first-order chi connectivity index (χ1) is 12.4. The Morgan fingerprint density at radius 2 is 2.00 bits per heavy atom. The van der Waals surface area contributed by atoms with Gasteiger partial charge in [0.1, 0.15) is 11.3 Å². The van der Waals surface area contributed by atoms with Crippen LogP contribution in [0.15, 0.2) is 24.3 Å². The molecule has 2 amide bonds. The molecule has 5 heteroatoms. The molecule has 1 aliphatic heterocycles. The molecule has 1 aromatic carbocycles. The van der Waals surface area contributed by atoms with E-state index in [0.29, 0.717) is 38.5 Å². The molecule has 0 unspecified atom stereocenters. The summed E-state index contributed by atoms with van der Waals surface area (Å²) in [5.41, 5.74) is 0.398. The lowest BCUT2D eigenvalue weighted by atomic mass is 9.97. The second-order valence-corrected chi connectivity index (χ2v) is 7.58. The summed E-state index contributed by atoms with van der Waals surface area (Å²) < 4.78 is 5.46. The molecule has 0 spiro atoms. The molecular formula is C21H32N2O3. The van der Waals surface area contributed by atoms with Gasteiger partial charge in [0.2, 0.25) is 11.8 Å². The standard InChI is InChI=1S/C21H32N2O3/c1-5-26-18-8-6-17(7-9-18)12-15-23-19(24)10-13-21(23,4)20(25)22-14-11-16(2)3/h6-9,16H,5,10-15H2,1-4H3,(H,22,25)/t21-/m1/s1. The molecule has 1 fully saturated rings. The summed E-state index contributed by atoms with van der Waals surface area (Å²) in [4.78, 5) is 26.8. The first-order valence-electron chi connectivity index (χ1n) is 9.67. The van der Waals surface area contributed by atoms with Gasteiger partial charge < -0.3 is 15.0 Å². The fourth-order valence-corrected chi connectivity index (χ4v) is 3.33. The SMILES string of the molecule is CCOc1ccc(CCN2C(=O)CC[C@]2(C)C(=O)NCCC(C)C)cc1. The molecule has 1 heterocycles. The van der Waals surface area contributed by atoms with Crippen LogP contribution in [0.3, 0.4) is 0 Å². The molecule has 1 atom stereocenters. The van der Waals surface area contributed by atoms with Crippen molar-refractivity contribution in [2.75, 3.05) is 19.7 Å². The van der Waals surface area contributed by atoms with Crippen LogP contribution in [0.2, 0.25) is 0 Å². The lowest BCUT2D eigenvalue weighted by Crippen LogP contribution is -2.55. The van der Waals surface area contributed by atoms with Gasteiger partial charge in [-0.25, -0.2) is 0 Å². The summed E-state index contributed by atoms with van der Waals surface area (Å²) in [7, 11) is 0. The van der Waals surface area contributed by atoms with Gasteiger partial charge in [0.05, 0.1) is 6.61 Å². The van der Waals surface area contributed by atoms with Crippen molar-refractivity contribution in [1.29, 1.82) is 0 Å². The minimum Gasteiger partial charge on any atom is -0.494 e. The summed E-state index contributed by atoms with van der Waals surface area (Å²) in [5.74, 6) is 1.43. The van der Waals surface area contributed by atoms with Gasteiger partial charge >= 0.3 is 0 Å². The van der Waals surface area contributed by atoms with Gasteiger partial charge in [-0.2, -0.15) is 0 Å². The van der Waals surface area contributed by atoms with Gasteiger partial charge in [0.25, 0.3) is 0 Å². The van der Waals surface area contributed by atoms with Crippen molar-refractivity contribution in [3.8, 4) is 5.75 Å². The third-order valence-electron chi connectivity index (χ3n) is 5.08. The maximum atomic E-state index is 12.7. The second kappa shape index (κ2) is 9.06. The zero-order valence-electron chi connectivity index (χ0n) is 16.5. The van der Waals surface area contributed by atoms with Crippen molar-refractivity contribution < 1.29 is 14.3 Å². The van der Waals surface area contributed by atoms with Crippen molar-refractivity contribution in [2.45, 2.75) is 58.9 Å². The minimum atomic E-state index is -0.737. The van der Waals surface area contributed by atoms with E-state index in [1.165, 1.54) is 0 Å². The molecule has 0 aliphatic carbocycles. The summed E-state index contributed by atoms with van der Waals surface area (Å²) >= 11 is 0. The molecule has 1 saturated heterocycles. The predicted molar refractivity (Wildman–Crippen MR) is 103 cm³/mol. The molecule has 1 aromatic rings. The average molecular weight is 360 g/mol. The molecule has 1 aliphatic rings. The van der Waals surface area contributed by atoms with Crippen molar-refractivity contribution in [3.05, 3.63) is 29.8 Å². The van der Waals surface area contributed by atoms with E-state index in [2.05, 4.69) is 19.2 Å². The maximum Gasteiger partial charge on any atom is 0.245 e. The highest BCUT2D eigenvalue weighted by Crippen LogP contribution is 2.30. The Kier molecular flexibility index (Phi) is 7.06. The molecule has 144 valence electrons. The summed E-state index contributed by atoms with van der Waals surface area (Å²) in [5, 5.41) is 3.02. The Hall–Kier alpha value is -2.04. The largest absolute Gasteiger partial charge is 0.494 e. The number of benzene rings is 1. The number of carbonyl (C=O) groups is 2. The van der Waals surface area contributed by atoms with Crippen molar-refractivity contribution in [3.63, 3.8) is 0 Å². The van der Waals surface area contributed by atoms with Gasteiger partial charge in [-0.15, -0.1) is 0 Å². The van der Waals surface area contributed by atoms with E-state index >= 15 is 0 Å². The average Bonchev–Trinajstić information content (AvgIpc) is 2.90. The van der Waals surface area contributed by atoms with Crippen molar-refractivity contribution >= 4 is 11.8 Å². The highest BCUT2D eigenvalue weighted by atomic mass is 16.5. The van der Waals surface area contributed by atoms with Crippen LogP contribution in [-0.2, 0) is 16.0 Å². The molecule has 26 heavy (non-hydrogen) atoms. The Labute approximate surface area is 157 Å². The van der Waals surface area contributed by atoms with Crippen LogP contribution in [0.5, 0.6) is 5.75 Å². The number of rotatable bonds is 9. The molecule has 2 rings (SSSR count). The van der Waals surface area contributed by atoms with E-state index in [4.69, 9.17) is 4.74 Å². The Balaban J connectivity index is 1.96. The molecule has 0 saturated carbocycles. The Morgan fingerprint density at radius 3 is 2.62 bits per heavy atom. The van der Waals surface area contributed by atoms with Crippen LogP contribution in [0.4, 0.5) is 0 Å². The Bertz CT molecular complexity index is 612. The number of likely N-dealkylation sites (tertiary alicyclic amines) is 1. The van der Waals surface area contributed by atoms with Gasteiger partial charge in [-0.05, 0) is 56.7 Å². The van der Waals surface area contributed by atoms with Crippen molar-refractivity contribution in [1.82, 2.24) is 10.2 Å². The molecule has 0 bridgehead atoms. The first-order valence-corrected chi connectivity index (χ1v) is 9.67. The lowest BCUT2D eigenvalue weighted by molar-refractivity contribution is -0.140. The van der Waals surface area contributed by atoms with E-state index in [0.717, 1.165) is 24.2 Å². The number of nitrogens with one attached hydrogen (secondary N) is 1.